The van der Waals surface area contributed by atoms with Gasteiger partial charge >= 0.3 is 6.09 Å². The molecule has 2 amide bonds. The Balaban J connectivity index is 1.64. The van der Waals surface area contributed by atoms with Crippen molar-refractivity contribution < 1.29 is 19.1 Å². The third-order valence-corrected chi connectivity index (χ3v) is 5.43. The van der Waals surface area contributed by atoms with E-state index >= 15 is 0 Å². The molecule has 0 N–H and O–H groups in total. The van der Waals surface area contributed by atoms with Crippen molar-refractivity contribution in [3.63, 3.8) is 0 Å². The van der Waals surface area contributed by atoms with E-state index in [0.29, 0.717) is 28.9 Å². The number of ether oxygens (including phenoxy) is 2. The molecule has 0 spiro atoms. The molecule has 0 atom stereocenters. The highest BCUT2D eigenvalue weighted by Gasteiger charge is 2.26. The molecule has 0 aliphatic carbocycles. The zero-order valence-electron chi connectivity index (χ0n) is 18.9. The second kappa shape index (κ2) is 10.9. The van der Waals surface area contributed by atoms with E-state index in [0.717, 1.165) is 45.2 Å². The molecule has 168 valence electrons. The molecule has 1 aromatic rings. The summed E-state index contributed by atoms with van der Waals surface area (Å²) in [6.07, 6.45) is 5.03. The summed E-state index contributed by atoms with van der Waals surface area (Å²) in [6, 6.07) is 5.19. The van der Waals surface area contributed by atoms with E-state index < -0.39 is 5.60 Å². The van der Waals surface area contributed by atoms with Gasteiger partial charge in [0.2, 0.25) is 0 Å². The average molecular weight is 439 g/mol. The van der Waals surface area contributed by atoms with Gasteiger partial charge in [-0.25, -0.2) is 4.79 Å². The lowest BCUT2D eigenvalue weighted by atomic mass is 9.92. The second-order valence-electron chi connectivity index (χ2n) is 9.10. The minimum Gasteiger partial charge on any atom is -0.494 e. The fraction of sp³-hybridized carbons (Fsp3) is 0.652. The summed E-state index contributed by atoms with van der Waals surface area (Å²) in [5.74, 6) is 1.21. The fourth-order valence-electron chi connectivity index (χ4n) is 3.46. The predicted molar refractivity (Wildman–Crippen MR) is 119 cm³/mol. The van der Waals surface area contributed by atoms with Crippen molar-refractivity contribution in [1.29, 1.82) is 0 Å². The van der Waals surface area contributed by atoms with Gasteiger partial charge in [-0.1, -0.05) is 18.0 Å². The van der Waals surface area contributed by atoms with Crippen LogP contribution in [0.4, 0.5) is 4.79 Å². The van der Waals surface area contributed by atoms with Gasteiger partial charge in [0.1, 0.15) is 11.4 Å². The summed E-state index contributed by atoms with van der Waals surface area (Å²) >= 11 is 6.21. The Kier molecular flexibility index (Phi) is 8.83. The third-order valence-electron chi connectivity index (χ3n) is 5.12. The van der Waals surface area contributed by atoms with Crippen LogP contribution in [0.1, 0.15) is 63.2 Å². The smallest absolute Gasteiger partial charge is 0.410 e. The standard InChI is InChI=1S/C23H35ClN2O4/c1-23(2,3)30-22(28)26-13-11-17(12-14-26)8-6-7-15-29-18-9-10-19(20(24)16-18)21(27)25(4)5/h9-10,16-17H,6-8,11-15H2,1-5H3. The number of rotatable bonds is 7. The molecule has 0 saturated carbocycles. The van der Waals surface area contributed by atoms with E-state index in [4.69, 9.17) is 21.1 Å². The van der Waals surface area contributed by atoms with E-state index in [-0.39, 0.29) is 12.0 Å². The molecule has 0 radical (unpaired) electrons. The molecular weight excluding hydrogens is 404 g/mol. The first-order valence-corrected chi connectivity index (χ1v) is 11.1. The van der Waals surface area contributed by atoms with Crippen LogP contribution >= 0.6 is 11.6 Å². The Labute approximate surface area is 185 Å². The Morgan fingerprint density at radius 2 is 1.83 bits per heavy atom. The zero-order chi connectivity index (χ0) is 22.3. The van der Waals surface area contributed by atoms with Crippen LogP contribution in [-0.4, -0.2) is 61.2 Å². The Morgan fingerprint density at radius 1 is 1.17 bits per heavy atom. The van der Waals surface area contributed by atoms with Gasteiger partial charge < -0.3 is 19.3 Å². The van der Waals surface area contributed by atoms with Gasteiger partial charge in [0.15, 0.2) is 0 Å². The van der Waals surface area contributed by atoms with Gasteiger partial charge in [-0.3, -0.25) is 4.79 Å². The van der Waals surface area contributed by atoms with Gasteiger partial charge in [0.05, 0.1) is 17.2 Å². The van der Waals surface area contributed by atoms with Crippen LogP contribution < -0.4 is 4.74 Å². The van der Waals surface area contributed by atoms with Crippen LogP contribution in [-0.2, 0) is 4.74 Å². The van der Waals surface area contributed by atoms with Crippen LogP contribution in [0.25, 0.3) is 0 Å². The molecule has 1 fully saturated rings. The summed E-state index contributed by atoms with van der Waals surface area (Å²) in [5, 5.41) is 0.406. The monoisotopic (exact) mass is 438 g/mol. The van der Waals surface area contributed by atoms with Gasteiger partial charge in [-0.2, -0.15) is 0 Å². The topological polar surface area (TPSA) is 59.1 Å². The Morgan fingerprint density at radius 3 is 2.40 bits per heavy atom. The highest BCUT2D eigenvalue weighted by Crippen LogP contribution is 2.25. The lowest BCUT2D eigenvalue weighted by Gasteiger charge is -2.33. The molecule has 2 rings (SSSR count). The van der Waals surface area contributed by atoms with Crippen LogP contribution in [0.2, 0.25) is 5.02 Å². The maximum Gasteiger partial charge on any atom is 0.410 e. The van der Waals surface area contributed by atoms with E-state index in [2.05, 4.69) is 0 Å². The van der Waals surface area contributed by atoms with Crippen molar-refractivity contribution in [3.05, 3.63) is 28.8 Å². The average Bonchev–Trinajstić information content (AvgIpc) is 2.66. The minimum atomic E-state index is -0.444. The molecule has 1 aliphatic heterocycles. The lowest BCUT2D eigenvalue weighted by molar-refractivity contribution is 0.0180. The molecular formula is C23H35ClN2O4. The summed E-state index contributed by atoms with van der Waals surface area (Å²) in [5.41, 5.74) is 0.0344. The summed E-state index contributed by atoms with van der Waals surface area (Å²) in [7, 11) is 3.40. The number of hydrogen-bond acceptors (Lipinski definition) is 4. The summed E-state index contributed by atoms with van der Waals surface area (Å²) in [6.45, 7) is 7.84. The number of amides is 2. The number of carbonyl (C=O) groups excluding carboxylic acids is 2. The maximum absolute atomic E-state index is 12.1. The van der Waals surface area contributed by atoms with Crippen molar-refractivity contribution >= 4 is 23.6 Å². The highest BCUT2D eigenvalue weighted by atomic mass is 35.5. The first-order valence-electron chi connectivity index (χ1n) is 10.7. The minimum absolute atomic E-state index is 0.121. The number of benzene rings is 1. The normalized spacial score (nSPS) is 15.1. The molecule has 0 aromatic heterocycles. The molecule has 1 heterocycles. The predicted octanol–water partition coefficient (Wildman–Crippen LogP) is 5.24. The van der Waals surface area contributed by atoms with Crippen molar-refractivity contribution in [2.75, 3.05) is 33.8 Å². The van der Waals surface area contributed by atoms with Gasteiger partial charge in [0.25, 0.3) is 5.91 Å². The fourth-order valence-corrected chi connectivity index (χ4v) is 3.71. The van der Waals surface area contributed by atoms with Crippen LogP contribution in [0.5, 0.6) is 5.75 Å². The van der Waals surface area contributed by atoms with Crippen molar-refractivity contribution in [1.82, 2.24) is 9.80 Å². The number of nitrogens with zero attached hydrogens (tertiary/aromatic N) is 2. The van der Waals surface area contributed by atoms with Gasteiger partial charge in [-0.15, -0.1) is 0 Å². The van der Waals surface area contributed by atoms with E-state index in [1.165, 1.54) is 4.90 Å². The largest absolute Gasteiger partial charge is 0.494 e. The number of carbonyl (C=O) groups is 2. The number of piperidine rings is 1. The molecule has 0 unspecified atom stereocenters. The van der Waals surface area contributed by atoms with Crippen LogP contribution in [0, 0.1) is 5.92 Å². The Hall–Kier alpha value is -1.95. The molecule has 30 heavy (non-hydrogen) atoms. The number of likely N-dealkylation sites (tertiary alicyclic amines) is 1. The first-order chi connectivity index (χ1) is 14.1. The van der Waals surface area contributed by atoms with Gasteiger partial charge in [0, 0.05) is 27.2 Å². The molecule has 0 bridgehead atoms. The highest BCUT2D eigenvalue weighted by molar-refractivity contribution is 6.34. The van der Waals surface area contributed by atoms with Crippen molar-refractivity contribution in [2.24, 2.45) is 5.92 Å². The molecule has 6 nitrogen and oxygen atoms in total. The van der Waals surface area contributed by atoms with E-state index in [1.54, 1.807) is 32.3 Å². The molecule has 1 aliphatic rings. The van der Waals surface area contributed by atoms with Gasteiger partial charge in [-0.05, 0) is 70.6 Å². The van der Waals surface area contributed by atoms with E-state index in [9.17, 15) is 9.59 Å². The number of unbranched alkanes of at least 4 members (excludes halogenated alkanes) is 1. The Bertz CT molecular complexity index is 722. The second-order valence-corrected chi connectivity index (χ2v) is 9.50. The van der Waals surface area contributed by atoms with Crippen molar-refractivity contribution in [2.45, 2.75) is 58.5 Å². The quantitative estimate of drug-likeness (QED) is 0.546. The SMILES string of the molecule is CN(C)C(=O)c1ccc(OCCCCC2CCN(C(=O)OC(C)(C)C)CC2)cc1Cl. The van der Waals surface area contributed by atoms with Crippen molar-refractivity contribution in [3.8, 4) is 5.75 Å². The first kappa shape index (κ1) is 24.3. The molecule has 1 aromatic carbocycles. The van der Waals surface area contributed by atoms with Crippen LogP contribution in [0.3, 0.4) is 0 Å². The van der Waals surface area contributed by atoms with Crippen LogP contribution in [0.15, 0.2) is 18.2 Å². The summed E-state index contributed by atoms with van der Waals surface area (Å²) in [4.78, 5) is 27.5. The molecule has 1 saturated heterocycles. The van der Waals surface area contributed by atoms with E-state index in [1.807, 2.05) is 25.7 Å². The molecule has 7 heteroatoms. The number of hydrogen-bond donors (Lipinski definition) is 0. The summed E-state index contributed by atoms with van der Waals surface area (Å²) < 4.78 is 11.2. The zero-order valence-corrected chi connectivity index (χ0v) is 19.6. The lowest BCUT2D eigenvalue weighted by Crippen LogP contribution is -2.41. The maximum atomic E-state index is 12.1. The number of halogens is 1. The third kappa shape index (κ3) is 7.71.